The van der Waals surface area contributed by atoms with Crippen LogP contribution in [0.4, 0.5) is 5.69 Å². The van der Waals surface area contributed by atoms with E-state index in [9.17, 15) is 9.59 Å². The molecule has 20 heavy (non-hydrogen) atoms. The van der Waals surface area contributed by atoms with E-state index in [2.05, 4.69) is 5.32 Å². The number of aryl methyl sites for hydroxylation is 1. The summed E-state index contributed by atoms with van der Waals surface area (Å²) in [6, 6.07) is 4.38. The van der Waals surface area contributed by atoms with E-state index >= 15 is 0 Å². The molecule has 3 N–H and O–H groups in total. The van der Waals surface area contributed by atoms with Crippen molar-refractivity contribution in [2.24, 2.45) is 5.92 Å². The van der Waals surface area contributed by atoms with Gasteiger partial charge in [0.1, 0.15) is 6.04 Å². The maximum absolute atomic E-state index is 12.2. The van der Waals surface area contributed by atoms with E-state index in [1.54, 1.807) is 18.2 Å². The Hall–Kier alpha value is -2.04. The van der Waals surface area contributed by atoms with Crippen molar-refractivity contribution in [2.75, 3.05) is 12.8 Å². The molecule has 5 nitrogen and oxygen atoms in total. The number of nitrogens with one attached hydrogen (secondary N) is 1. The molecule has 1 unspecified atom stereocenters. The topological polar surface area (TPSA) is 81.4 Å². The number of anilines is 1. The molecule has 1 aromatic carbocycles. The summed E-state index contributed by atoms with van der Waals surface area (Å²) in [6.45, 7) is 5.69. The first kappa shape index (κ1) is 16.0. The average Bonchev–Trinajstić information content (AvgIpc) is 2.45. The average molecular weight is 278 g/mol. The largest absolute Gasteiger partial charge is 0.467 e. The molecule has 0 fully saturated rings. The maximum Gasteiger partial charge on any atom is 0.328 e. The van der Waals surface area contributed by atoms with E-state index in [-0.39, 0.29) is 11.8 Å². The Bertz CT molecular complexity index is 500. The number of nitrogen functional groups attached to an aromatic ring is 1. The highest BCUT2D eigenvalue weighted by atomic mass is 16.5. The smallest absolute Gasteiger partial charge is 0.328 e. The normalized spacial score (nSPS) is 13.4. The van der Waals surface area contributed by atoms with E-state index in [0.717, 1.165) is 12.0 Å². The molecule has 110 valence electrons. The molecule has 0 aliphatic carbocycles. The molecule has 0 saturated heterocycles. The number of ether oxygens (including phenoxy) is 1. The third kappa shape index (κ3) is 3.73. The third-order valence-electron chi connectivity index (χ3n) is 3.49. The number of nitrogens with two attached hydrogens (primary N) is 1. The van der Waals surface area contributed by atoms with Gasteiger partial charge in [-0.2, -0.15) is 0 Å². The predicted molar refractivity (Wildman–Crippen MR) is 78.3 cm³/mol. The Morgan fingerprint density at radius 1 is 1.40 bits per heavy atom. The first-order valence-corrected chi connectivity index (χ1v) is 6.65. The third-order valence-corrected chi connectivity index (χ3v) is 3.49. The van der Waals surface area contributed by atoms with Gasteiger partial charge in [0, 0.05) is 11.3 Å². The zero-order chi connectivity index (χ0) is 15.3. The molecule has 0 saturated carbocycles. The van der Waals surface area contributed by atoms with Crippen LogP contribution in [0.25, 0.3) is 0 Å². The SMILES string of the molecule is CCC(C)[C@H](NC(=O)c1ccc(N)c(C)c1)C(=O)OC. The zero-order valence-electron chi connectivity index (χ0n) is 12.4. The summed E-state index contributed by atoms with van der Waals surface area (Å²) in [7, 11) is 1.32. The zero-order valence-corrected chi connectivity index (χ0v) is 12.4. The number of rotatable bonds is 5. The van der Waals surface area contributed by atoms with Crippen LogP contribution in [0.2, 0.25) is 0 Å². The number of hydrogen-bond acceptors (Lipinski definition) is 4. The molecule has 0 radical (unpaired) electrons. The fourth-order valence-corrected chi connectivity index (χ4v) is 1.84. The lowest BCUT2D eigenvalue weighted by atomic mass is 9.98. The van der Waals surface area contributed by atoms with Crippen molar-refractivity contribution < 1.29 is 14.3 Å². The Balaban J connectivity index is 2.90. The van der Waals surface area contributed by atoms with Crippen LogP contribution in [0.15, 0.2) is 18.2 Å². The number of carbonyl (C=O) groups is 2. The molecule has 0 spiro atoms. The number of methoxy groups -OCH3 is 1. The maximum atomic E-state index is 12.2. The van der Waals surface area contributed by atoms with Crippen molar-refractivity contribution >= 4 is 17.6 Å². The minimum atomic E-state index is -0.643. The fraction of sp³-hybridized carbons (Fsp3) is 0.467. The van der Waals surface area contributed by atoms with Crippen LogP contribution < -0.4 is 11.1 Å². The summed E-state index contributed by atoms with van der Waals surface area (Å²) in [5.74, 6) is -0.732. The van der Waals surface area contributed by atoms with Gasteiger partial charge in [-0.1, -0.05) is 20.3 Å². The van der Waals surface area contributed by atoms with Crippen molar-refractivity contribution in [1.82, 2.24) is 5.32 Å². The Kier molecular flexibility index (Phi) is 5.55. The fourth-order valence-electron chi connectivity index (χ4n) is 1.84. The van der Waals surface area contributed by atoms with Crippen molar-refractivity contribution in [3.05, 3.63) is 29.3 Å². The summed E-state index contributed by atoms with van der Waals surface area (Å²) in [6.07, 6.45) is 0.765. The lowest BCUT2D eigenvalue weighted by Gasteiger charge is -2.22. The molecule has 2 atom stereocenters. The first-order chi connectivity index (χ1) is 9.40. The van der Waals surface area contributed by atoms with Crippen LogP contribution in [0.1, 0.15) is 36.2 Å². The summed E-state index contributed by atoms with van der Waals surface area (Å²) in [5, 5.41) is 2.73. The van der Waals surface area contributed by atoms with Gasteiger partial charge in [0.15, 0.2) is 0 Å². The van der Waals surface area contributed by atoms with E-state index in [0.29, 0.717) is 11.3 Å². The van der Waals surface area contributed by atoms with Crippen molar-refractivity contribution in [1.29, 1.82) is 0 Å². The Labute approximate surface area is 119 Å². The van der Waals surface area contributed by atoms with Gasteiger partial charge in [-0.05, 0) is 36.6 Å². The summed E-state index contributed by atoms with van der Waals surface area (Å²) < 4.78 is 4.74. The Morgan fingerprint density at radius 3 is 2.55 bits per heavy atom. The lowest BCUT2D eigenvalue weighted by Crippen LogP contribution is -2.45. The second-order valence-electron chi connectivity index (χ2n) is 4.93. The van der Waals surface area contributed by atoms with Gasteiger partial charge in [0.05, 0.1) is 7.11 Å². The number of carbonyl (C=O) groups excluding carboxylic acids is 2. The van der Waals surface area contributed by atoms with Gasteiger partial charge in [-0.25, -0.2) is 4.79 Å². The summed E-state index contributed by atoms with van der Waals surface area (Å²) >= 11 is 0. The predicted octanol–water partition coefficient (Wildman–Crippen LogP) is 1.89. The van der Waals surface area contributed by atoms with Gasteiger partial charge in [-0.15, -0.1) is 0 Å². The van der Waals surface area contributed by atoms with Crippen LogP contribution in [0.3, 0.4) is 0 Å². The van der Waals surface area contributed by atoms with E-state index < -0.39 is 12.0 Å². The van der Waals surface area contributed by atoms with Crippen LogP contribution in [0, 0.1) is 12.8 Å². The highest BCUT2D eigenvalue weighted by Crippen LogP contribution is 2.14. The molecule has 0 aliphatic rings. The highest BCUT2D eigenvalue weighted by Gasteiger charge is 2.27. The minimum absolute atomic E-state index is 0.00118. The quantitative estimate of drug-likeness (QED) is 0.636. The number of amides is 1. The van der Waals surface area contributed by atoms with Crippen LogP contribution >= 0.6 is 0 Å². The molecule has 0 bridgehead atoms. The van der Waals surface area contributed by atoms with E-state index in [1.807, 2.05) is 20.8 Å². The number of benzene rings is 1. The summed E-state index contributed by atoms with van der Waals surface area (Å²) in [4.78, 5) is 23.9. The van der Waals surface area contributed by atoms with Crippen molar-refractivity contribution in [3.8, 4) is 0 Å². The van der Waals surface area contributed by atoms with Gasteiger partial charge in [0.2, 0.25) is 0 Å². The standard InChI is InChI=1S/C15H22N2O3/c1-5-9(2)13(15(19)20-4)17-14(18)11-6-7-12(16)10(3)8-11/h6-9,13H,5,16H2,1-4H3,(H,17,18)/t9?,13-/m0/s1. The second kappa shape index (κ2) is 6.93. The molecule has 0 aliphatic heterocycles. The van der Waals surface area contributed by atoms with Crippen molar-refractivity contribution in [3.63, 3.8) is 0 Å². The van der Waals surface area contributed by atoms with Crippen molar-refractivity contribution in [2.45, 2.75) is 33.2 Å². The molecule has 1 amide bonds. The first-order valence-electron chi connectivity index (χ1n) is 6.65. The second-order valence-corrected chi connectivity index (χ2v) is 4.93. The van der Waals surface area contributed by atoms with E-state index in [4.69, 9.17) is 10.5 Å². The Morgan fingerprint density at radius 2 is 2.05 bits per heavy atom. The van der Waals surface area contributed by atoms with Crippen LogP contribution in [0.5, 0.6) is 0 Å². The summed E-state index contributed by atoms with van der Waals surface area (Å²) in [5.41, 5.74) is 7.67. The molecule has 0 heterocycles. The van der Waals surface area contributed by atoms with E-state index in [1.165, 1.54) is 7.11 Å². The lowest BCUT2D eigenvalue weighted by molar-refractivity contribution is -0.144. The molecule has 1 rings (SSSR count). The molecular weight excluding hydrogens is 256 g/mol. The molecule has 1 aromatic rings. The highest BCUT2D eigenvalue weighted by molar-refractivity contribution is 5.97. The van der Waals surface area contributed by atoms with Gasteiger partial charge in [-0.3, -0.25) is 4.79 Å². The molecular formula is C15H22N2O3. The molecule has 5 heteroatoms. The van der Waals surface area contributed by atoms with Crippen LogP contribution in [-0.2, 0) is 9.53 Å². The number of esters is 1. The van der Waals surface area contributed by atoms with Gasteiger partial charge >= 0.3 is 5.97 Å². The van der Waals surface area contributed by atoms with Gasteiger partial charge in [0.25, 0.3) is 5.91 Å². The molecule has 0 aromatic heterocycles. The minimum Gasteiger partial charge on any atom is -0.467 e. The van der Waals surface area contributed by atoms with Gasteiger partial charge < -0.3 is 15.8 Å². The van der Waals surface area contributed by atoms with Crippen LogP contribution in [-0.4, -0.2) is 25.0 Å². The number of hydrogen-bond donors (Lipinski definition) is 2. The monoisotopic (exact) mass is 278 g/mol.